The molecule has 0 N–H and O–H groups in total. The van der Waals surface area contributed by atoms with Crippen LogP contribution in [0.3, 0.4) is 0 Å². The lowest BCUT2D eigenvalue weighted by Crippen LogP contribution is -2.32. The lowest BCUT2D eigenvalue weighted by atomic mass is 9.64. The maximum atomic E-state index is 12.2. The number of rotatable bonds is 4. The van der Waals surface area contributed by atoms with E-state index in [1.807, 2.05) is 6.08 Å². The molecule has 0 saturated heterocycles. The summed E-state index contributed by atoms with van der Waals surface area (Å²) in [5.41, 5.74) is 1.59. The monoisotopic (exact) mass is 232 g/mol. The predicted octanol–water partition coefficient (Wildman–Crippen LogP) is 4.44. The number of hydrogen-bond acceptors (Lipinski definition) is 1. The van der Waals surface area contributed by atoms with Gasteiger partial charge in [-0.25, -0.2) is 0 Å². The number of ketones is 1. The van der Waals surface area contributed by atoms with Gasteiger partial charge in [0.25, 0.3) is 0 Å². The van der Waals surface area contributed by atoms with Crippen molar-refractivity contribution in [2.45, 2.75) is 58.3 Å². The SMILES string of the molecule is C=CCCC(=O)C1=CCCC2(CCCC2)[C@@H]1C. The first-order valence-electron chi connectivity index (χ1n) is 7.04. The summed E-state index contributed by atoms with van der Waals surface area (Å²) in [6, 6.07) is 0. The molecule has 94 valence electrons. The van der Waals surface area contributed by atoms with Crippen LogP contribution in [0.15, 0.2) is 24.3 Å². The molecular weight excluding hydrogens is 208 g/mol. The smallest absolute Gasteiger partial charge is 0.159 e. The van der Waals surface area contributed by atoms with Gasteiger partial charge in [-0.3, -0.25) is 4.79 Å². The molecule has 0 aromatic heterocycles. The Morgan fingerprint density at radius 3 is 2.82 bits per heavy atom. The standard InChI is InChI=1S/C16H24O/c1-3-4-9-15(17)14-8-7-12-16(13(14)2)10-5-6-11-16/h3,8,13H,1,4-7,9-12H2,2H3/t13-/m1/s1. The van der Waals surface area contributed by atoms with Crippen molar-refractivity contribution in [3.63, 3.8) is 0 Å². The summed E-state index contributed by atoms with van der Waals surface area (Å²) in [6.07, 6.45) is 13.3. The van der Waals surface area contributed by atoms with Crippen LogP contribution in [0.5, 0.6) is 0 Å². The van der Waals surface area contributed by atoms with Gasteiger partial charge in [-0.05, 0) is 49.0 Å². The van der Waals surface area contributed by atoms with Crippen LogP contribution < -0.4 is 0 Å². The fraction of sp³-hybridized carbons (Fsp3) is 0.688. The minimum atomic E-state index is 0.364. The molecule has 0 radical (unpaired) electrons. The van der Waals surface area contributed by atoms with Crippen LogP contribution in [0.4, 0.5) is 0 Å². The zero-order valence-corrected chi connectivity index (χ0v) is 11.0. The van der Waals surface area contributed by atoms with E-state index in [9.17, 15) is 4.79 Å². The van der Waals surface area contributed by atoms with Crippen LogP contribution in [0, 0.1) is 11.3 Å². The van der Waals surface area contributed by atoms with Crippen LogP contribution in [0.1, 0.15) is 58.3 Å². The van der Waals surface area contributed by atoms with Crippen molar-refractivity contribution in [1.82, 2.24) is 0 Å². The normalized spacial score (nSPS) is 26.9. The molecule has 1 fully saturated rings. The maximum Gasteiger partial charge on any atom is 0.159 e. The molecule has 2 rings (SSSR count). The molecule has 1 heteroatoms. The van der Waals surface area contributed by atoms with E-state index in [-0.39, 0.29) is 0 Å². The molecule has 2 aliphatic carbocycles. The highest BCUT2D eigenvalue weighted by Gasteiger charge is 2.42. The fourth-order valence-corrected chi connectivity index (χ4v) is 3.73. The van der Waals surface area contributed by atoms with Gasteiger partial charge in [-0.2, -0.15) is 0 Å². The Hall–Kier alpha value is -0.850. The van der Waals surface area contributed by atoms with Gasteiger partial charge in [0, 0.05) is 6.42 Å². The zero-order chi connectivity index (χ0) is 12.3. The molecule has 1 nitrogen and oxygen atoms in total. The molecule has 0 aromatic rings. The number of carbonyl (C=O) groups is 1. The quantitative estimate of drug-likeness (QED) is 0.655. The Morgan fingerprint density at radius 1 is 1.47 bits per heavy atom. The molecular formula is C16H24O. The molecule has 0 heterocycles. The van der Waals surface area contributed by atoms with Gasteiger partial charge in [0.1, 0.15) is 0 Å². The maximum absolute atomic E-state index is 12.2. The van der Waals surface area contributed by atoms with Crippen molar-refractivity contribution in [1.29, 1.82) is 0 Å². The third kappa shape index (κ3) is 2.38. The lowest BCUT2D eigenvalue weighted by molar-refractivity contribution is -0.116. The molecule has 0 aromatic carbocycles. The number of Topliss-reactive ketones (excluding diaryl/α,β-unsaturated/α-hetero) is 1. The van der Waals surface area contributed by atoms with Crippen molar-refractivity contribution >= 4 is 5.78 Å². The minimum Gasteiger partial charge on any atom is -0.295 e. The van der Waals surface area contributed by atoms with E-state index in [1.165, 1.54) is 32.1 Å². The average molecular weight is 232 g/mol. The summed E-state index contributed by atoms with van der Waals surface area (Å²) in [6.45, 7) is 5.98. The van der Waals surface area contributed by atoms with Gasteiger partial charge in [-0.1, -0.05) is 31.9 Å². The van der Waals surface area contributed by atoms with Gasteiger partial charge < -0.3 is 0 Å². The van der Waals surface area contributed by atoms with Crippen molar-refractivity contribution in [2.75, 3.05) is 0 Å². The number of hydrogen-bond donors (Lipinski definition) is 0. The molecule has 2 aliphatic rings. The summed E-state index contributed by atoms with van der Waals surface area (Å²) in [5.74, 6) is 0.847. The van der Waals surface area contributed by atoms with E-state index in [0.29, 0.717) is 23.5 Å². The molecule has 17 heavy (non-hydrogen) atoms. The molecule has 0 amide bonds. The second-order valence-corrected chi connectivity index (χ2v) is 5.74. The van der Waals surface area contributed by atoms with Gasteiger partial charge in [0.15, 0.2) is 5.78 Å². The summed E-state index contributed by atoms with van der Waals surface area (Å²) in [5, 5.41) is 0. The first-order chi connectivity index (χ1) is 8.19. The summed E-state index contributed by atoms with van der Waals surface area (Å²) >= 11 is 0. The Bertz CT molecular complexity index is 331. The summed E-state index contributed by atoms with van der Waals surface area (Å²) < 4.78 is 0. The minimum absolute atomic E-state index is 0.364. The Morgan fingerprint density at radius 2 is 2.18 bits per heavy atom. The topological polar surface area (TPSA) is 17.1 Å². The Labute approximate surface area is 105 Å². The van der Waals surface area contributed by atoms with E-state index in [0.717, 1.165) is 18.4 Å². The molecule has 0 bridgehead atoms. The third-order valence-electron chi connectivity index (χ3n) is 4.89. The van der Waals surface area contributed by atoms with Crippen LogP contribution in [0.25, 0.3) is 0 Å². The van der Waals surface area contributed by atoms with Crippen molar-refractivity contribution in [3.8, 4) is 0 Å². The molecule has 1 atom stereocenters. The highest BCUT2D eigenvalue weighted by atomic mass is 16.1. The van der Waals surface area contributed by atoms with E-state index >= 15 is 0 Å². The largest absolute Gasteiger partial charge is 0.295 e. The van der Waals surface area contributed by atoms with E-state index in [2.05, 4.69) is 19.6 Å². The molecule has 1 spiro atoms. The van der Waals surface area contributed by atoms with Gasteiger partial charge in [0.05, 0.1) is 0 Å². The second-order valence-electron chi connectivity index (χ2n) is 5.74. The third-order valence-corrected chi connectivity index (χ3v) is 4.89. The number of carbonyl (C=O) groups excluding carboxylic acids is 1. The fourth-order valence-electron chi connectivity index (χ4n) is 3.73. The Kier molecular flexibility index (Phi) is 3.86. The molecule has 1 saturated carbocycles. The second kappa shape index (κ2) is 5.20. The van der Waals surface area contributed by atoms with Crippen LogP contribution >= 0.6 is 0 Å². The summed E-state index contributed by atoms with van der Waals surface area (Å²) in [7, 11) is 0. The van der Waals surface area contributed by atoms with E-state index in [4.69, 9.17) is 0 Å². The first-order valence-corrected chi connectivity index (χ1v) is 7.04. The van der Waals surface area contributed by atoms with E-state index < -0.39 is 0 Å². The highest BCUT2D eigenvalue weighted by Crippen LogP contribution is 2.52. The van der Waals surface area contributed by atoms with Crippen molar-refractivity contribution in [2.24, 2.45) is 11.3 Å². The summed E-state index contributed by atoms with van der Waals surface area (Å²) in [4.78, 5) is 12.2. The first kappa shape index (κ1) is 12.6. The van der Waals surface area contributed by atoms with Gasteiger partial charge in [0.2, 0.25) is 0 Å². The zero-order valence-electron chi connectivity index (χ0n) is 11.0. The van der Waals surface area contributed by atoms with Crippen LogP contribution in [0.2, 0.25) is 0 Å². The number of allylic oxidation sites excluding steroid dienone is 3. The average Bonchev–Trinajstić information content (AvgIpc) is 2.79. The van der Waals surface area contributed by atoms with Crippen LogP contribution in [-0.4, -0.2) is 5.78 Å². The lowest BCUT2D eigenvalue weighted by Gasteiger charge is -2.39. The van der Waals surface area contributed by atoms with Gasteiger partial charge >= 0.3 is 0 Å². The molecule has 0 unspecified atom stereocenters. The van der Waals surface area contributed by atoms with Crippen molar-refractivity contribution in [3.05, 3.63) is 24.3 Å². The Balaban J connectivity index is 2.10. The molecule has 0 aliphatic heterocycles. The van der Waals surface area contributed by atoms with Gasteiger partial charge in [-0.15, -0.1) is 6.58 Å². The predicted molar refractivity (Wildman–Crippen MR) is 71.8 cm³/mol. The van der Waals surface area contributed by atoms with Crippen LogP contribution in [-0.2, 0) is 4.79 Å². The van der Waals surface area contributed by atoms with E-state index in [1.54, 1.807) is 0 Å². The highest BCUT2D eigenvalue weighted by molar-refractivity contribution is 5.96. The van der Waals surface area contributed by atoms with Crippen molar-refractivity contribution < 1.29 is 4.79 Å².